The fourth-order valence-electron chi connectivity index (χ4n) is 1.95. The fraction of sp³-hybridized carbons (Fsp3) is 0.333. The summed E-state index contributed by atoms with van der Waals surface area (Å²) in [4.78, 5) is 15.9. The maximum absolute atomic E-state index is 11.6. The molecule has 18 heavy (non-hydrogen) atoms. The number of nitrogens with zero attached hydrogens (tertiary/aromatic N) is 1. The Bertz CT molecular complexity index is 544. The molecule has 2 aromatic rings. The molecule has 0 aliphatic heterocycles. The lowest BCUT2D eigenvalue weighted by molar-refractivity contribution is -0.121. The summed E-state index contributed by atoms with van der Waals surface area (Å²) in [6, 6.07) is 9.93. The van der Waals surface area contributed by atoms with E-state index < -0.39 is 0 Å². The van der Waals surface area contributed by atoms with Gasteiger partial charge < -0.3 is 5.32 Å². The summed E-state index contributed by atoms with van der Waals surface area (Å²) in [6.07, 6.45) is 2.36. The lowest BCUT2D eigenvalue weighted by Gasteiger charge is -2.09. The molecule has 0 fully saturated rings. The van der Waals surface area contributed by atoms with Gasteiger partial charge in [0.2, 0.25) is 5.91 Å². The van der Waals surface area contributed by atoms with E-state index in [1.165, 1.54) is 0 Å². The number of carbonyl (C=O) groups excluding carboxylic acids is 1. The third-order valence-electron chi connectivity index (χ3n) is 2.81. The highest BCUT2D eigenvalue weighted by Crippen LogP contribution is 2.15. The van der Waals surface area contributed by atoms with E-state index in [0.717, 1.165) is 16.5 Å². The van der Waals surface area contributed by atoms with Gasteiger partial charge in [-0.3, -0.25) is 9.78 Å². The number of rotatable bonds is 4. The molecule has 1 N–H and O–H groups in total. The van der Waals surface area contributed by atoms with Crippen LogP contribution < -0.4 is 5.32 Å². The topological polar surface area (TPSA) is 42.0 Å². The molecular formula is C15H18N2O. The number of para-hydroxylation sites is 1. The number of carbonyl (C=O) groups is 1. The number of fused-ring (bicyclic) bond motifs is 1. The summed E-state index contributed by atoms with van der Waals surface area (Å²) >= 11 is 0. The van der Waals surface area contributed by atoms with Gasteiger partial charge in [0.1, 0.15) is 0 Å². The number of benzene rings is 1. The van der Waals surface area contributed by atoms with Crippen LogP contribution in [0.2, 0.25) is 0 Å². The summed E-state index contributed by atoms with van der Waals surface area (Å²) in [5.41, 5.74) is 2.07. The molecule has 0 saturated carbocycles. The number of amides is 1. The van der Waals surface area contributed by atoms with Gasteiger partial charge in [0.05, 0.1) is 5.52 Å². The smallest absolute Gasteiger partial charge is 0.220 e. The molecule has 2 rings (SSSR count). The van der Waals surface area contributed by atoms with Gasteiger partial charge in [0, 0.05) is 24.5 Å². The van der Waals surface area contributed by atoms with E-state index in [1.54, 1.807) is 6.20 Å². The first-order valence-corrected chi connectivity index (χ1v) is 6.26. The predicted molar refractivity (Wildman–Crippen MR) is 73.0 cm³/mol. The van der Waals surface area contributed by atoms with Crippen LogP contribution in [0.5, 0.6) is 0 Å². The van der Waals surface area contributed by atoms with Crippen molar-refractivity contribution in [3.05, 3.63) is 42.1 Å². The van der Waals surface area contributed by atoms with Gasteiger partial charge in [0.25, 0.3) is 0 Å². The van der Waals surface area contributed by atoms with Crippen LogP contribution in [0.1, 0.15) is 25.8 Å². The van der Waals surface area contributed by atoms with Gasteiger partial charge in [0.15, 0.2) is 0 Å². The Morgan fingerprint density at radius 2 is 2.06 bits per heavy atom. The highest BCUT2D eigenvalue weighted by Gasteiger charge is 2.06. The van der Waals surface area contributed by atoms with Crippen molar-refractivity contribution < 1.29 is 4.79 Å². The first-order valence-electron chi connectivity index (χ1n) is 6.26. The highest BCUT2D eigenvalue weighted by atomic mass is 16.1. The second-order valence-corrected chi connectivity index (χ2v) is 4.86. The van der Waals surface area contributed by atoms with Gasteiger partial charge in [-0.2, -0.15) is 0 Å². The monoisotopic (exact) mass is 242 g/mol. The van der Waals surface area contributed by atoms with E-state index in [9.17, 15) is 4.79 Å². The van der Waals surface area contributed by atoms with Crippen LogP contribution in [-0.4, -0.2) is 10.9 Å². The van der Waals surface area contributed by atoms with E-state index >= 15 is 0 Å². The molecule has 0 atom stereocenters. The van der Waals surface area contributed by atoms with Crippen molar-refractivity contribution in [3.63, 3.8) is 0 Å². The van der Waals surface area contributed by atoms with Crippen molar-refractivity contribution >= 4 is 16.8 Å². The van der Waals surface area contributed by atoms with E-state index in [1.807, 2.05) is 44.2 Å². The molecule has 0 saturated heterocycles. The van der Waals surface area contributed by atoms with Crippen LogP contribution in [0, 0.1) is 5.92 Å². The minimum absolute atomic E-state index is 0.103. The van der Waals surface area contributed by atoms with Crippen molar-refractivity contribution in [2.45, 2.75) is 26.8 Å². The molecule has 0 aliphatic carbocycles. The Balaban J connectivity index is 2.10. The number of aromatic nitrogens is 1. The van der Waals surface area contributed by atoms with E-state index in [2.05, 4.69) is 10.3 Å². The molecule has 1 aromatic carbocycles. The molecule has 0 radical (unpaired) electrons. The van der Waals surface area contributed by atoms with Gasteiger partial charge in [-0.15, -0.1) is 0 Å². The third-order valence-corrected chi connectivity index (χ3v) is 2.81. The molecule has 3 nitrogen and oxygen atoms in total. The van der Waals surface area contributed by atoms with Crippen LogP contribution in [-0.2, 0) is 11.3 Å². The number of pyridine rings is 1. The standard InChI is InChI=1S/C15H18N2O/c1-11(2)9-15(18)17-10-12-7-8-16-14-6-4-3-5-13(12)14/h3-8,11H,9-10H2,1-2H3,(H,17,18). The average Bonchev–Trinajstić information content (AvgIpc) is 2.35. The normalized spacial score (nSPS) is 10.8. The summed E-state index contributed by atoms with van der Waals surface area (Å²) in [5, 5.41) is 4.06. The van der Waals surface area contributed by atoms with E-state index in [-0.39, 0.29) is 5.91 Å². The summed E-state index contributed by atoms with van der Waals surface area (Å²) < 4.78 is 0. The molecule has 0 spiro atoms. The first-order chi connectivity index (χ1) is 8.66. The second kappa shape index (κ2) is 5.63. The molecule has 1 aromatic heterocycles. The van der Waals surface area contributed by atoms with Crippen molar-refractivity contribution in [2.24, 2.45) is 5.92 Å². The van der Waals surface area contributed by atoms with Crippen LogP contribution in [0.4, 0.5) is 0 Å². The van der Waals surface area contributed by atoms with Gasteiger partial charge in [-0.05, 0) is 23.6 Å². The molecule has 0 unspecified atom stereocenters. The third kappa shape index (κ3) is 3.06. The summed E-state index contributed by atoms with van der Waals surface area (Å²) in [6.45, 7) is 4.65. The van der Waals surface area contributed by atoms with Crippen LogP contribution in [0.15, 0.2) is 36.5 Å². The average molecular weight is 242 g/mol. The lowest BCUT2D eigenvalue weighted by Crippen LogP contribution is -2.24. The van der Waals surface area contributed by atoms with Crippen LogP contribution in [0.3, 0.4) is 0 Å². The Labute approximate surface area is 107 Å². The van der Waals surface area contributed by atoms with Gasteiger partial charge in [-0.1, -0.05) is 32.0 Å². The molecule has 0 aliphatic rings. The van der Waals surface area contributed by atoms with Crippen molar-refractivity contribution in [1.82, 2.24) is 10.3 Å². The Kier molecular flexibility index (Phi) is 3.92. The van der Waals surface area contributed by atoms with E-state index in [4.69, 9.17) is 0 Å². The zero-order valence-corrected chi connectivity index (χ0v) is 10.8. The second-order valence-electron chi connectivity index (χ2n) is 4.86. The predicted octanol–water partition coefficient (Wildman–Crippen LogP) is 2.90. The number of hydrogen-bond acceptors (Lipinski definition) is 2. The Morgan fingerprint density at radius 3 is 2.83 bits per heavy atom. The van der Waals surface area contributed by atoms with Crippen LogP contribution in [0.25, 0.3) is 10.9 Å². The van der Waals surface area contributed by atoms with E-state index in [0.29, 0.717) is 18.9 Å². The molecular weight excluding hydrogens is 224 g/mol. The quantitative estimate of drug-likeness (QED) is 0.895. The Morgan fingerprint density at radius 1 is 1.28 bits per heavy atom. The van der Waals surface area contributed by atoms with Gasteiger partial charge >= 0.3 is 0 Å². The number of hydrogen-bond donors (Lipinski definition) is 1. The minimum atomic E-state index is 0.103. The largest absolute Gasteiger partial charge is 0.352 e. The number of nitrogens with one attached hydrogen (secondary N) is 1. The SMILES string of the molecule is CC(C)CC(=O)NCc1ccnc2ccccc12. The zero-order chi connectivity index (χ0) is 13.0. The molecule has 1 amide bonds. The lowest BCUT2D eigenvalue weighted by atomic mass is 10.1. The summed E-state index contributed by atoms with van der Waals surface area (Å²) in [7, 11) is 0. The molecule has 3 heteroatoms. The highest BCUT2D eigenvalue weighted by molar-refractivity contribution is 5.82. The van der Waals surface area contributed by atoms with Crippen LogP contribution >= 0.6 is 0 Å². The van der Waals surface area contributed by atoms with Gasteiger partial charge in [-0.25, -0.2) is 0 Å². The minimum Gasteiger partial charge on any atom is -0.352 e. The molecule has 1 heterocycles. The molecule has 0 bridgehead atoms. The first kappa shape index (κ1) is 12.6. The molecule has 94 valence electrons. The van der Waals surface area contributed by atoms with Crippen molar-refractivity contribution in [3.8, 4) is 0 Å². The fourth-order valence-corrected chi connectivity index (χ4v) is 1.95. The zero-order valence-electron chi connectivity index (χ0n) is 10.8. The summed E-state index contributed by atoms with van der Waals surface area (Å²) in [5.74, 6) is 0.491. The van der Waals surface area contributed by atoms with Crippen molar-refractivity contribution in [2.75, 3.05) is 0 Å². The maximum Gasteiger partial charge on any atom is 0.220 e. The maximum atomic E-state index is 11.6. The Hall–Kier alpha value is -1.90. The van der Waals surface area contributed by atoms with Crippen molar-refractivity contribution in [1.29, 1.82) is 0 Å².